The van der Waals surface area contributed by atoms with Gasteiger partial charge in [-0.2, -0.15) is 8.78 Å². The van der Waals surface area contributed by atoms with Crippen LogP contribution in [0.4, 0.5) is 14.7 Å². The van der Waals surface area contributed by atoms with Gasteiger partial charge in [-0.05, 0) is 62.2 Å². The summed E-state index contributed by atoms with van der Waals surface area (Å²) in [6, 6.07) is 9.67. The topological polar surface area (TPSA) is 89.2 Å². The van der Waals surface area contributed by atoms with Gasteiger partial charge in [-0.15, -0.1) is 10.2 Å². The number of piperidine rings is 1. The van der Waals surface area contributed by atoms with Crippen molar-refractivity contribution in [3.63, 3.8) is 0 Å². The Balaban J connectivity index is 1.11. The van der Waals surface area contributed by atoms with Gasteiger partial charge in [0.1, 0.15) is 0 Å². The van der Waals surface area contributed by atoms with Crippen molar-refractivity contribution in [1.82, 2.24) is 25.1 Å². The zero-order chi connectivity index (χ0) is 23.8. The fourth-order valence-electron chi connectivity index (χ4n) is 5.28. The van der Waals surface area contributed by atoms with Gasteiger partial charge in [0.05, 0.1) is 30.4 Å². The molecule has 8 nitrogen and oxygen atoms in total. The Morgan fingerprint density at radius 3 is 2.26 bits per heavy atom. The number of ether oxygens (including phenoxy) is 1. The molecular formula is C25H28F2N6O2. The molecule has 1 aromatic carbocycles. The van der Waals surface area contributed by atoms with E-state index >= 15 is 0 Å². The molecule has 10 heteroatoms. The highest BCUT2D eigenvalue weighted by Crippen LogP contribution is 2.44. The van der Waals surface area contributed by atoms with E-state index in [0.29, 0.717) is 23.5 Å². The van der Waals surface area contributed by atoms with E-state index < -0.39 is 12.3 Å². The third-order valence-corrected chi connectivity index (χ3v) is 7.69. The minimum Gasteiger partial charge on any atom is -0.415 e. The van der Waals surface area contributed by atoms with E-state index in [1.807, 2.05) is 0 Å². The highest BCUT2D eigenvalue weighted by Gasteiger charge is 2.39. The van der Waals surface area contributed by atoms with Crippen LogP contribution in [-0.2, 0) is 10.3 Å². The zero-order valence-electron chi connectivity index (χ0n) is 19.4. The van der Waals surface area contributed by atoms with E-state index in [0.717, 1.165) is 45.6 Å². The molecule has 0 amide bonds. The first-order valence-electron chi connectivity index (χ1n) is 12.2. The normalized spacial score (nSPS) is 21.0. The number of nitrogens with one attached hydrogen (secondary N) is 1. The van der Waals surface area contributed by atoms with Gasteiger partial charge in [-0.25, -0.2) is 9.97 Å². The fraction of sp³-hybridized carbons (Fsp3) is 0.520. The van der Waals surface area contributed by atoms with Crippen LogP contribution in [0, 0.1) is 0 Å². The summed E-state index contributed by atoms with van der Waals surface area (Å²) >= 11 is 0. The Labute approximate surface area is 202 Å². The number of rotatable bonds is 7. The quantitative estimate of drug-likeness (QED) is 0.525. The summed E-state index contributed by atoms with van der Waals surface area (Å²) in [5.41, 5.74) is 2.86. The van der Waals surface area contributed by atoms with Gasteiger partial charge in [-0.1, -0.05) is 24.3 Å². The second kappa shape index (κ2) is 9.23. The Bertz CT molecular complexity index is 1140. The van der Waals surface area contributed by atoms with Crippen LogP contribution < -0.4 is 5.32 Å². The maximum Gasteiger partial charge on any atom is 0.314 e. The largest absolute Gasteiger partial charge is 0.415 e. The van der Waals surface area contributed by atoms with Gasteiger partial charge in [0.25, 0.3) is 11.8 Å². The van der Waals surface area contributed by atoms with Crippen molar-refractivity contribution >= 4 is 5.95 Å². The molecule has 1 aliphatic carbocycles. The van der Waals surface area contributed by atoms with Crippen LogP contribution in [0.15, 0.2) is 41.1 Å². The third-order valence-electron chi connectivity index (χ3n) is 7.69. The summed E-state index contributed by atoms with van der Waals surface area (Å²) in [4.78, 5) is 11.3. The van der Waals surface area contributed by atoms with Gasteiger partial charge in [-0.3, -0.25) is 4.90 Å². The molecule has 1 N–H and O–H groups in total. The van der Waals surface area contributed by atoms with Crippen molar-refractivity contribution in [3.05, 3.63) is 53.7 Å². The Kier molecular flexibility index (Phi) is 5.93. The molecule has 0 bridgehead atoms. The molecule has 4 heterocycles. The van der Waals surface area contributed by atoms with Crippen molar-refractivity contribution < 1.29 is 17.9 Å². The van der Waals surface area contributed by atoms with Crippen LogP contribution in [0.25, 0.3) is 11.5 Å². The number of hydrogen-bond acceptors (Lipinski definition) is 8. The summed E-state index contributed by atoms with van der Waals surface area (Å²) < 4.78 is 35.7. The van der Waals surface area contributed by atoms with Crippen molar-refractivity contribution in [2.45, 2.75) is 56.0 Å². The van der Waals surface area contributed by atoms with Gasteiger partial charge >= 0.3 is 6.43 Å². The van der Waals surface area contributed by atoms with Gasteiger partial charge in [0.15, 0.2) is 0 Å². The maximum atomic E-state index is 12.7. The first kappa shape index (κ1) is 22.5. The number of benzene rings is 1. The first-order valence-corrected chi connectivity index (χ1v) is 12.2. The molecule has 1 saturated carbocycles. The summed E-state index contributed by atoms with van der Waals surface area (Å²) in [5.74, 6) is 0.362. The minimum atomic E-state index is -2.81. The number of halogens is 2. The number of likely N-dealkylation sites (tertiary alicyclic amines) is 1. The minimum absolute atomic E-state index is 0.0207. The van der Waals surface area contributed by atoms with E-state index in [9.17, 15) is 8.78 Å². The summed E-state index contributed by atoms with van der Waals surface area (Å²) in [7, 11) is 0. The summed E-state index contributed by atoms with van der Waals surface area (Å²) in [6.45, 7) is 4.06. The lowest BCUT2D eigenvalue weighted by atomic mass is 9.71. The van der Waals surface area contributed by atoms with Gasteiger partial charge < -0.3 is 14.5 Å². The van der Waals surface area contributed by atoms with Crippen LogP contribution in [0.1, 0.15) is 61.5 Å². The molecule has 35 heavy (non-hydrogen) atoms. The predicted molar refractivity (Wildman–Crippen MR) is 124 cm³/mol. The molecule has 0 unspecified atom stereocenters. The van der Waals surface area contributed by atoms with E-state index in [2.05, 4.69) is 54.6 Å². The molecule has 6 rings (SSSR count). The Hall–Kier alpha value is -2.98. The third kappa shape index (κ3) is 4.40. The van der Waals surface area contributed by atoms with E-state index in [1.165, 1.54) is 36.4 Å². The molecule has 184 valence electrons. The average Bonchev–Trinajstić information content (AvgIpc) is 3.32. The molecule has 3 fully saturated rings. The van der Waals surface area contributed by atoms with Crippen LogP contribution in [0.2, 0.25) is 0 Å². The smallest absolute Gasteiger partial charge is 0.314 e. The van der Waals surface area contributed by atoms with Crippen molar-refractivity contribution in [1.29, 1.82) is 0 Å². The predicted octanol–water partition coefficient (Wildman–Crippen LogP) is 4.53. The number of aromatic nitrogens is 4. The van der Waals surface area contributed by atoms with Crippen LogP contribution in [0.3, 0.4) is 0 Å². The van der Waals surface area contributed by atoms with Crippen LogP contribution >= 0.6 is 0 Å². The van der Waals surface area contributed by atoms with Crippen molar-refractivity contribution in [2.75, 3.05) is 31.6 Å². The number of hydrogen-bond donors (Lipinski definition) is 1. The molecule has 0 radical (unpaired) electrons. The molecule has 2 aliphatic heterocycles. The second-order valence-corrected chi connectivity index (χ2v) is 9.73. The summed E-state index contributed by atoms with van der Waals surface area (Å²) in [6.07, 6.45) is 5.73. The molecule has 2 aromatic heterocycles. The molecule has 3 aliphatic rings. The Morgan fingerprint density at radius 2 is 1.71 bits per heavy atom. The molecule has 3 aromatic rings. The summed E-state index contributed by atoms with van der Waals surface area (Å²) in [5, 5.41) is 10.5. The van der Waals surface area contributed by atoms with Crippen LogP contribution in [0.5, 0.6) is 0 Å². The number of anilines is 1. The number of nitrogens with zero attached hydrogens (tertiary/aromatic N) is 5. The molecular weight excluding hydrogens is 454 g/mol. The SMILES string of the molecule is FC(F)c1nnc(-c2cnc(NC3(c4ccc(C5CCN(C6COC6)CC5)cc4)CCC3)nc2)o1. The maximum absolute atomic E-state index is 12.7. The average molecular weight is 483 g/mol. The van der Waals surface area contributed by atoms with Gasteiger partial charge in [0.2, 0.25) is 5.95 Å². The molecule has 2 saturated heterocycles. The highest BCUT2D eigenvalue weighted by atomic mass is 19.3. The lowest BCUT2D eigenvalue weighted by molar-refractivity contribution is -0.0712. The first-order chi connectivity index (χ1) is 17.1. The van der Waals surface area contributed by atoms with E-state index in [4.69, 9.17) is 9.15 Å². The standard InChI is InChI=1S/C25H28F2N6O2/c26-21(27)23-32-31-22(35-23)18-12-28-24(29-13-18)30-25(8-1-9-25)19-4-2-16(3-5-19)17-6-10-33(11-7-17)20-14-34-15-20/h2-5,12-13,17,20-21H,1,6-11,14-15H2,(H,28,29,30). The number of alkyl halides is 2. The van der Waals surface area contributed by atoms with Gasteiger partial charge in [0, 0.05) is 12.4 Å². The molecule has 0 spiro atoms. The fourth-order valence-corrected chi connectivity index (χ4v) is 5.28. The monoisotopic (exact) mass is 482 g/mol. The lowest BCUT2D eigenvalue weighted by Crippen LogP contribution is -2.51. The van der Waals surface area contributed by atoms with E-state index in [1.54, 1.807) is 0 Å². The highest BCUT2D eigenvalue weighted by molar-refractivity contribution is 5.51. The van der Waals surface area contributed by atoms with Crippen molar-refractivity contribution in [3.8, 4) is 11.5 Å². The Morgan fingerprint density at radius 1 is 1.00 bits per heavy atom. The lowest BCUT2D eigenvalue weighted by Gasteiger charge is -2.43. The zero-order valence-corrected chi connectivity index (χ0v) is 19.4. The second-order valence-electron chi connectivity index (χ2n) is 9.73. The van der Waals surface area contributed by atoms with Crippen molar-refractivity contribution in [2.24, 2.45) is 0 Å². The van der Waals surface area contributed by atoms with E-state index in [-0.39, 0.29) is 11.4 Å². The van der Waals surface area contributed by atoms with Crippen LogP contribution in [-0.4, -0.2) is 57.4 Å². The molecule has 0 atom stereocenters.